The topological polar surface area (TPSA) is 29.9 Å². The minimum atomic E-state index is 0.851. The molecule has 0 bridgehead atoms. The molecule has 1 saturated heterocycles. The van der Waals surface area contributed by atoms with Crippen molar-refractivity contribution in [3.63, 3.8) is 0 Å². The van der Waals surface area contributed by atoms with Gasteiger partial charge in [0.15, 0.2) is 0 Å². The molecule has 1 aromatic rings. The van der Waals surface area contributed by atoms with Gasteiger partial charge in [-0.3, -0.25) is 0 Å². The predicted octanol–water partition coefficient (Wildman–Crippen LogP) is 1.95. The standard InChI is InChI=1S/C10H16BrN3/c1-8-13-7-10(11)14(8)5-3-9-2-4-12-6-9/h7,9,12H,2-6H2,1H3. The van der Waals surface area contributed by atoms with Crippen molar-refractivity contribution in [1.82, 2.24) is 14.9 Å². The van der Waals surface area contributed by atoms with Crippen molar-refractivity contribution in [2.24, 2.45) is 5.92 Å². The van der Waals surface area contributed by atoms with E-state index < -0.39 is 0 Å². The number of nitrogens with one attached hydrogen (secondary N) is 1. The molecule has 3 nitrogen and oxygen atoms in total. The number of halogens is 1. The maximum Gasteiger partial charge on any atom is 0.106 e. The zero-order valence-electron chi connectivity index (χ0n) is 8.46. The van der Waals surface area contributed by atoms with Crippen LogP contribution in [0.1, 0.15) is 18.7 Å². The van der Waals surface area contributed by atoms with Gasteiger partial charge in [0.05, 0.1) is 6.20 Å². The molecule has 0 spiro atoms. The van der Waals surface area contributed by atoms with Crippen LogP contribution in [-0.2, 0) is 6.54 Å². The highest BCUT2D eigenvalue weighted by Gasteiger charge is 2.14. The van der Waals surface area contributed by atoms with E-state index in [2.05, 4.69) is 37.7 Å². The average molecular weight is 258 g/mol. The molecule has 78 valence electrons. The number of aromatic nitrogens is 2. The van der Waals surface area contributed by atoms with E-state index in [0.29, 0.717) is 0 Å². The summed E-state index contributed by atoms with van der Waals surface area (Å²) >= 11 is 3.51. The highest BCUT2D eigenvalue weighted by atomic mass is 79.9. The number of hydrogen-bond donors (Lipinski definition) is 1. The van der Waals surface area contributed by atoms with Crippen LogP contribution in [0.2, 0.25) is 0 Å². The molecule has 1 N–H and O–H groups in total. The van der Waals surface area contributed by atoms with E-state index in [1.807, 2.05) is 6.20 Å². The van der Waals surface area contributed by atoms with E-state index in [9.17, 15) is 0 Å². The van der Waals surface area contributed by atoms with Crippen molar-refractivity contribution in [3.05, 3.63) is 16.6 Å². The zero-order valence-corrected chi connectivity index (χ0v) is 10.0. The lowest BCUT2D eigenvalue weighted by Gasteiger charge is -2.10. The van der Waals surface area contributed by atoms with Gasteiger partial charge in [0.1, 0.15) is 10.4 Å². The molecule has 2 rings (SSSR count). The third-order valence-electron chi connectivity index (χ3n) is 2.93. The van der Waals surface area contributed by atoms with E-state index in [1.165, 1.54) is 25.9 Å². The summed E-state index contributed by atoms with van der Waals surface area (Å²) in [5.74, 6) is 1.95. The molecule has 0 aromatic carbocycles. The van der Waals surface area contributed by atoms with Crippen LogP contribution in [0.15, 0.2) is 10.8 Å². The van der Waals surface area contributed by atoms with Crippen LogP contribution >= 0.6 is 15.9 Å². The first kappa shape index (κ1) is 10.2. The zero-order chi connectivity index (χ0) is 9.97. The van der Waals surface area contributed by atoms with Crippen LogP contribution in [0.4, 0.5) is 0 Å². The maximum absolute atomic E-state index is 4.26. The first-order chi connectivity index (χ1) is 6.77. The quantitative estimate of drug-likeness (QED) is 0.898. The molecule has 0 amide bonds. The number of hydrogen-bond acceptors (Lipinski definition) is 2. The summed E-state index contributed by atoms with van der Waals surface area (Å²) in [6.07, 6.45) is 4.45. The van der Waals surface area contributed by atoms with Gasteiger partial charge in [-0.2, -0.15) is 0 Å². The molecule has 14 heavy (non-hydrogen) atoms. The van der Waals surface area contributed by atoms with Crippen molar-refractivity contribution >= 4 is 15.9 Å². The van der Waals surface area contributed by atoms with Crippen LogP contribution in [0.3, 0.4) is 0 Å². The molecule has 2 heterocycles. The van der Waals surface area contributed by atoms with E-state index in [-0.39, 0.29) is 0 Å². The van der Waals surface area contributed by atoms with Crippen LogP contribution in [-0.4, -0.2) is 22.6 Å². The van der Waals surface area contributed by atoms with Gasteiger partial charge in [-0.1, -0.05) is 0 Å². The minimum absolute atomic E-state index is 0.851. The van der Waals surface area contributed by atoms with Crippen molar-refractivity contribution < 1.29 is 0 Å². The van der Waals surface area contributed by atoms with Crippen LogP contribution < -0.4 is 5.32 Å². The Kier molecular flexibility index (Phi) is 3.23. The molecular weight excluding hydrogens is 242 g/mol. The third-order valence-corrected chi connectivity index (χ3v) is 3.56. The Bertz CT molecular complexity index is 283. The largest absolute Gasteiger partial charge is 0.323 e. The van der Waals surface area contributed by atoms with Gasteiger partial charge in [0, 0.05) is 6.54 Å². The Hall–Kier alpha value is -0.350. The van der Waals surface area contributed by atoms with Crippen molar-refractivity contribution in [1.29, 1.82) is 0 Å². The van der Waals surface area contributed by atoms with Gasteiger partial charge in [-0.25, -0.2) is 4.98 Å². The normalized spacial score (nSPS) is 21.7. The average Bonchev–Trinajstić information content (AvgIpc) is 2.76. The van der Waals surface area contributed by atoms with Gasteiger partial charge in [0.2, 0.25) is 0 Å². The van der Waals surface area contributed by atoms with E-state index in [4.69, 9.17) is 0 Å². The second-order valence-corrected chi connectivity index (χ2v) is 4.74. The third kappa shape index (κ3) is 2.17. The number of rotatable bonds is 3. The fraction of sp³-hybridized carbons (Fsp3) is 0.700. The maximum atomic E-state index is 4.26. The number of aryl methyl sites for hydroxylation is 1. The summed E-state index contributed by atoms with van der Waals surface area (Å²) in [7, 11) is 0. The lowest BCUT2D eigenvalue weighted by atomic mass is 10.1. The Morgan fingerprint density at radius 2 is 2.57 bits per heavy atom. The predicted molar refractivity (Wildman–Crippen MR) is 60.3 cm³/mol. The fourth-order valence-electron chi connectivity index (χ4n) is 1.98. The molecule has 0 saturated carbocycles. The Labute approximate surface area is 93.0 Å². The molecule has 1 atom stereocenters. The molecule has 1 aliphatic rings. The summed E-state index contributed by atoms with van der Waals surface area (Å²) in [6, 6.07) is 0. The van der Waals surface area contributed by atoms with Gasteiger partial charge >= 0.3 is 0 Å². The Balaban J connectivity index is 1.90. The van der Waals surface area contributed by atoms with Gasteiger partial charge in [-0.15, -0.1) is 0 Å². The summed E-state index contributed by atoms with van der Waals surface area (Å²) in [5.41, 5.74) is 0. The van der Waals surface area contributed by atoms with Crippen molar-refractivity contribution in [2.75, 3.05) is 13.1 Å². The van der Waals surface area contributed by atoms with Crippen LogP contribution in [0.5, 0.6) is 0 Å². The summed E-state index contributed by atoms with van der Waals surface area (Å²) < 4.78 is 3.33. The van der Waals surface area contributed by atoms with Gasteiger partial charge in [0.25, 0.3) is 0 Å². The molecule has 1 unspecified atom stereocenters. The van der Waals surface area contributed by atoms with E-state index in [1.54, 1.807) is 0 Å². The molecule has 1 aromatic heterocycles. The highest BCUT2D eigenvalue weighted by molar-refractivity contribution is 9.10. The fourth-order valence-corrected chi connectivity index (χ4v) is 2.52. The van der Waals surface area contributed by atoms with Crippen LogP contribution in [0.25, 0.3) is 0 Å². The second-order valence-electron chi connectivity index (χ2n) is 3.93. The second kappa shape index (κ2) is 4.45. The van der Waals surface area contributed by atoms with Crippen LogP contribution in [0, 0.1) is 12.8 Å². The lowest BCUT2D eigenvalue weighted by Crippen LogP contribution is -2.11. The molecular formula is C10H16BrN3. The van der Waals surface area contributed by atoms with Gasteiger partial charge in [-0.05, 0) is 54.7 Å². The molecule has 0 radical (unpaired) electrons. The van der Waals surface area contributed by atoms with E-state index in [0.717, 1.165) is 22.9 Å². The first-order valence-corrected chi connectivity index (χ1v) is 5.95. The lowest BCUT2D eigenvalue weighted by molar-refractivity contribution is 0.472. The van der Waals surface area contributed by atoms with E-state index >= 15 is 0 Å². The Morgan fingerprint density at radius 1 is 1.71 bits per heavy atom. The van der Waals surface area contributed by atoms with Gasteiger partial charge < -0.3 is 9.88 Å². The summed E-state index contributed by atoms with van der Waals surface area (Å²) in [5, 5.41) is 3.40. The van der Waals surface area contributed by atoms with Crippen molar-refractivity contribution in [2.45, 2.75) is 26.3 Å². The Morgan fingerprint density at radius 3 is 3.14 bits per heavy atom. The molecule has 4 heteroatoms. The molecule has 1 fully saturated rings. The monoisotopic (exact) mass is 257 g/mol. The smallest absolute Gasteiger partial charge is 0.106 e. The molecule has 0 aliphatic carbocycles. The minimum Gasteiger partial charge on any atom is -0.323 e. The van der Waals surface area contributed by atoms with Crippen molar-refractivity contribution in [3.8, 4) is 0 Å². The number of nitrogens with zero attached hydrogens (tertiary/aromatic N) is 2. The molecule has 1 aliphatic heterocycles. The summed E-state index contributed by atoms with van der Waals surface area (Å²) in [6.45, 7) is 5.51. The highest BCUT2D eigenvalue weighted by Crippen LogP contribution is 2.17. The number of imidazole rings is 1. The summed E-state index contributed by atoms with van der Waals surface area (Å²) in [4.78, 5) is 4.26. The first-order valence-electron chi connectivity index (χ1n) is 5.15. The SMILES string of the molecule is Cc1ncc(Br)n1CCC1CCNC1.